The lowest BCUT2D eigenvalue weighted by atomic mass is 9.97. The lowest BCUT2D eigenvalue weighted by Crippen LogP contribution is -2.37. The van der Waals surface area contributed by atoms with Crippen LogP contribution >= 0.6 is 0 Å². The number of carbonyl (C=O) groups is 1. The van der Waals surface area contributed by atoms with Crippen molar-refractivity contribution in [2.75, 3.05) is 25.1 Å². The Morgan fingerprint density at radius 2 is 1.92 bits per heavy atom. The second-order valence-corrected chi connectivity index (χ2v) is 9.15. The van der Waals surface area contributed by atoms with Crippen molar-refractivity contribution in [3.63, 3.8) is 0 Å². The maximum atomic E-state index is 12.9. The highest BCUT2D eigenvalue weighted by atomic mass is 19.3. The van der Waals surface area contributed by atoms with Crippen LogP contribution in [0, 0.1) is 12.8 Å². The van der Waals surface area contributed by atoms with Gasteiger partial charge in [0.1, 0.15) is 11.4 Å². The highest BCUT2D eigenvalue weighted by Crippen LogP contribution is 2.32. The van der Waals surface area contributed by atoms with Gasteiger partial charge in [-0.2, -0.15) is 13.8 Å². The van der Waals surface area contributed by atoms with Crippen molar-refractivity contribution in [3.8, 4) is 22.8 Å². The number of hydrogen-bond donors (Lipinski definition) is 1. The first-order chi connectivity index (χ1) is 18.3. The molecule has 1 aliphatic rings. The minimum atomic E-state index is -2.91. The van der Waals surface area contributed by atoms with E-state index >= 15 is 0 Å². The van der Waals surface area contributed by atoms with Crippen LogP contribution in [0.2, 0.25) is 0 Å². The Balaban J connectivity index is 1.46. The highest BCUT2D eigenvalue weighted by molar-refractivity contribution is 5.71. The number of imidazole rings is 1. The Morgan fingerprint density at radius 3 is 2.63 bits per heavy atom. The predicted octanol–water partition coefficient (Wildman–Crippen LogP) is 4.60. The van der Waals surface area contributed by atoms with Gasteiger partial charge in [0, 0.05) is 48.7 Å². The first-order valence-electron chi connectivity index (χ1n) is 12.2. The molecule has 0 radical (unpaired) electrons. The SMILES string of the molecule is COc1nc(N2CCC(C(=O)O)CC2)ncc1-c1ccc2nc(C)c(Cc3ccccc3OC(F)F)n2c1. The smallest absolute Gasteiger partial charge is 0.387 e. The molecule has 0 atom stereocenters. The number of carboxylic acids is 1. The summed E-state index contributed by atoms with van der Waals surface area (Å²) in [5, 5.41) is 9.25. The highest BCUT2D eigenvalue weighted by Gasteiger charge is 2.26. The molecule has 0 unspecified atom stereocenters. The Hall–Kier alpha value is -4.28. The van der Waals surface area contributed by atoms with E-state index in [4.69, 9.17) is 9.47 Å². The van der Waals surface area contributed by atoms with Gasteiger partial charge in [-0.05, 0) is 38.0 Å². The van der Waals surface area contributed by atoms with Gasteiger partial charge >= 0.3 is 12.6 Å². The Morgan fingerprint density at radius 1 is 1.16 bits per heavy atom. The quantitative estimate of drug-likeness (QED) is 0.358. The number of pyridine rings is 1. The van der Waals surface area contributed by atoms with E-state index in [0.717, 1.165) is 17.0 Å². The number of hydrogen-bond acceptors (Lipinski definition) is 7. The summed E-state index contributed by atoms with van der Waals surface area (Å²) in [5.41, 5.74) is 4.42. The van der Waals surface area contributed by atoms with E-state index in [1.54, 1.807) is 24.4 Å². The molecule has 0 spiro atoms. The lowest BCUT2D eigenvalue weighted by molar-refractivity contribution is -0.142. The predicted molar refractivity (Wildman–Crippen MR) is 136 cm³/mol. The summed E-state index contributed by atoms with van der Waals surface area (Å²) >= 11 is 0. The zero-order chi connectivity index (χ0) is 26.8. The lowest BCUT2D eigenvalue weighted by Gasteiger charge is -2.30. The number of ether oxygens (including phenoxy) is 2. The molecule has 38 heavy (non-hydrogen) atoms. The number of fused-ring (bicyclic) bond motifs is 1. The molecule has 0 amide bonds. The fourth-order valence-corrected chi connectivity index (χ4v) is 4.81. The summed E-state index contributed by atoms with van der Waals surface area (Å²) < 4.78 is 38.1. The molecule has 0 bridgehead atoms. The van der Waals surface area contributed by atoms with Crippen molar-refractivity contribution in [2.45, 2.75) is 32.8 Å². The van der Waals surface area contributed by atoms with Crippen LogP contribution in [0.1, 0.15) is 29.8 Å². The summed E-state index contributed by atoms with van der Waals surface area (Å²) in [6.45, 7) is 0.0784. The molecule has 11 heteroatoms. The molecule has 4 heterocycles. The van der Waals surface area contributed by atoms with E-state index in [9.17, 15) is 18.7 Å². The van der Waals surface area contributed by atoms with E-state index in [1.807, 2.05) is 34.6 Å². The minimum absolute atomic E-state index is 0.131. The number of piperidine rings is 1. The van der Waals surface area contributed by atoms with Gasteiger partial charge in [-0.1, -0.05) is 18.2 Å². The van der Waals surface area contributed by atoms with E-state index in [1.165, 1.54) is 13.2 Å². The van der Waals surface area contributed by atoms with Crippen LogP contribution in [0.25, 0.3) is 16.8 Å². The molecule has 1 aromatic carbocycles. The number of carboxylic acid groups (broad SMARTS) is 1. The average molecular weight is 524 g/mol. The van der Waals surface area contributed by atoms with Crippen LogP contribution in [0.4, 0.5) is 14.7 Å². The van der Waals surface area contributed by atoms with Crippen LogP contribution < -0.4 is 14.4 Å². The number of benzene rings is 1. The van der Waals surface area contributed by atoms with Gasteiger partial charge in [0.2, 0.25) is 11.8 Å². The van der Waals surface area contributed by atoms with E-state index in [2.05, 4.69) is 15.0 Å². The molecule has 1 aliphatic heterocycles. The number of aryl methyl sites for hydroxylation is 1. The molecular formula is C27H27F2N5O4. The number of para-hydroxylation sites is 1. The molecule has 4 aromatic rings. The number of alkyl halides is 2. The van der Waals surface area contributed by atoms with Gasteiger partial charge in [-0.25, -0.2) is 9.97 Å². The van der Waals surface area contributed by atoms with Crippen molar-refractivity contribution in [1.29, 1.82) is 0 Å². The minimum Gasteiger partial charge on any atom is -0.481 e. The largest absolute Gasteiger partial charge is 0.481 e. The third kappa shape index (κ3) is 5.09. The molecule has 1 fully saturated rings. The standard InChI is InChI=1S/C27H27F2N5O4/c1-16-21(13-18-5-3-4-6-22(18)38-26(28)29)34-15-19(7-8-23(34)31-16)20-14-30-27(32-24(20)37-2)33-11-9-17(10-12-33)25(35)36/h3-8,14-15,17,26H,9-13H2,1-2H3,(H,35,36). The second kappa shape index (κ2) is 10.6. The molecule has 198 valence electrons. The van der Waals surface area contributed by atoms with Crippen LogP contribution in [0.3, 0.4) is 0 Å². The summed E-state index contributed by atoms with van der Waals surface area (Å²) in [6, 6.07) is 10.5. The molecule has 3 aromatic heterocycles. The Kier molecular flexibility index (Phi) is 7.08. The van der Waals surface area contributed by atoms with Gasteiger partial charge in [-0.15, -0.1) is 0 Å². The third-order valence-corrected chi connectivity index (χ3v) is 6.84. The normalized spacial score (nSPS) is 14.3. The van der Waals surface area contributed by atoms with Crippen LogP contribution in [-0.4, -0.2) is 57.2 Å². The fraction of sp³-hybridized carbons (Fsp3) is 0.333. The van der Waals surface area contributed by atoms with Crippen molar-refractivity contribution in [2.24, 2.45) is 5.92 Å². The maximum absolute atomic E-state index is 12.9. The summed E-state index contributed by atoms with van der Waals surface area (Å²) in [5.74, 6) is -0.103. The number of aliphatic carboxylic acids is 1. The van der Waals surface area contributed by atoms with Crippen molar-refractivity contribution >= 4 is 17.6 Å². The van der Waals surface area contributed by atoms with Gasteiger partial charge < -0.3 is 23.9 Å². The zero-order valence-electron chi connectivity index (χ0n) is 21.0. The van der Waals surface area contributed by atoms with Crippen LogP contribution in [0.5, 0.6) is 11.6 Å². The Labute approximate surface area is 217 Å². The van der Waals surface area contributed by atoms with E-state index in [0.29, 0.717) is 61.0 Å². The maximum Gasteiger partial charge on any atom is 0.387 e. The number of halogens is 2. The number of rotatable bonds is 8. The number of anilines is 1. The summed E-state index contributed by atoms with van der Waals surface area (Å²) in [4.78, 5) is 27.0. The van der Waals surface area contributed by atoms with Gasteiger partial charge in [0.05, 0.1) is 24.3 Å². The first kappa shape index (κ1) is 25.4. The molecule has 9 nitrogen and oxygen atoms in total. The molecular weight excluding hydrogens is 496 g/mol. The summed E-state index contributed by atoms with van der Waals surface area (Å²) in [7, 11) is 1.54. The Bertz CT molecular complexity index is 1470. The van der Waals surface area contributed by atoms with Crippen molar-refractivity contribution in [3.05, 3.63) is 65.7 Å². The van der Waals surface area contributed by atoms with Crippen molar-refractivity contribution < 1.29 is 28.2 Å². The first-order valence-corrected chi connectivity index (χ1v) is 12.2. The molecule has 0 saturated carbocycles. The van der Waals surface area contributed by atoms with Gasteiger partial charge in [0.15, 0.2) is 0 Å². The van der Waals surface area contributed by atoms with Gasteiger partial charge in [-0.3, -0.25) is 4.79 Å². The average Bonchev–Trinajstić information content (AvgIpc) is 3.23. The topological polar surface area (TPSA) is 102 Å². The fourth-order valence-electron chi connectivity index (χ4n) is 4.81. The second-order valence-electron chi connectivity index (χ2n) is 9.15. The van der Waals surface area contributed by atoms with E-state index < -0.39 is 12.6 Å². The number of nitrogens with zero attached hydrogens (tertiary/aromatic N) is 5. The third-order valence-electron chi connectivity index (χ3n) is 6.84. The summed E-state index contributed by atoms with van der Waals surface area (Å²) in [6.07, 6.45) is 5.01. The number of methoxy groups -OCH3 is 1. The number of aromatic nitrogens is 4. The van der Waals surface area contributed by atoms with Crippen LogP contribution in [-0.2, 0) is 11.2 Å². The monoisotopic (exact) mass is 523 g/mol. The van der Waals surface area contributed by atoms with E-state index in [-0.39, 0.29) is 11.7 Å². The molecule has 5 rings (SSSR count). The van der Waals surface area contributed by atoms with Crippen LogP contribution in [0.15, 0.2) is 48.8 Å². The van der Waals surface area contributed by atoms with Gasteiger partial charge in [0.25, 0.3) is 0 Å². The molecule has 1 N–H and O–H groups in total. The molecule has 0 aliphatic carbocycles. The molecule has 1 saturated heterocycles. The van der Waals surface area contributed by atoms with Crippen molar-refractivity contribution in [1.82, 2.24) is 19.4 Å². The zero-order valence-corrected chi connectivity index (χ0v) is 21.0.